The Labute approximate surface area is 181 Å². The van der Waals surface area contributed by atoms with Crippen LogP contribution in [0.4, 0.5) is 5.69 Å². The first-order valence-corrected chi connectivity index (χ1v) is 10.6. The lowest BCUT2D eigenvalue weighted by molar-refractivity contribution is -0.143. The number of rotatable bonds is 7. The number of hydrogen-bond donors (Lipinski definition) is 3. The Morgan fingerprint density at radius 3 is 2.42 bits per heavy atom. The van der Waals surface area contributed by atoms with Crippen LogP contribution in [-0.2, 0) is 11.2 Å². The van der Waals surface area contributed by atoms with Crippen molar-refractivity contribution < 1.29 is 14.7 Å². The highest BCUT2D eigenvalue weighted by Crippen LogP contribution is 2.29. The van der Waals surface area contributed by atoms with E-state index in [-0.39, 0.29) is 5.78 Å². The van der Waals surface area contributed by atoms with E-state index >= 15 is 0 Å². The van der Waals surface area contributed by atoms with Gasteiger partial charge in [-0.05, 0) is 67.4 Å². The Bertz CT molecular complexity index is 1080. The molecule has 31 heavy (non-hydrogen) atoms. The predicted molar refractivity (Wildman–Crippen MR) is 122 cm³/mol. The molecule has 2 heterocycles. The molecule has 1 aliphatic heterocycles. The van der Waals surface area contributed by atoms with Gasteiger partial charge in [0.25, 0.3) is 0 Å². The Kier molecular flexibility index (Phi) is 6.06. The van der Waals surface area contributed by atoms with E-state index in [2.05, 4.69) is 9.88 Å². The first-order chi connectivity index (χ1) is 15.0. The molecule has 2 aromatic carbocycles. The van der Waals surface area contributed by atoms with Gasteiger partial charge in [0.15, 0.2) is 5.78 Å². The van der Waals surface area contributed by atoms with Gasteiger partial charge in [0.2, 0.25) is 0 Å². The lowest BCUT2D eigenvalue weighted by Gasteiger charge is -2.39. The van der Waals surface area contributed by atoms with Crippen LogP contribution in [0.15, 0.2) is 48.7 Å². The van der Waals surface area contributed by atoms with Gasteiger partial charge >= 0.3 is 5.97 Å². The lowest BCUT2D eigenvalue weighted by Crippen LogP contribution is -2.49. The molecule has 1 aromatic heterocycles. The molecule has 3 aromatic rings. The molecule has 0 radical (unpaired) electrons. The van der Waals surface area contributed by atoms with Crippen molar-refractivity contribution in [3.8, 4) is 0 Å². The van der Waals surface area contributed by atoms with Crippen LogP contribution in [0.3, 0.4) is 0 Å². The third-order valence-electron chi connectivity index (χ3n) is 6.07. The zero-order valence-corrected chi connectivity index (χ0v) is 17.7. The molecule has 7 nitrogen and oxygen atoms in total. The van der Waals surface area contributed by atoms with Gasteiger partial charge in [0.05, 0.1) is 0 Å². The van der Waals surface area contributed by atoms with Crippen LogP contribution >= 0.6 is 0 Å². The Balaban J connectivity index is 1.51. The van der Waals surface area contributed by atoms with Gasteiger partial charge in [0.1, 0.15) is 6.04 Å². The molecule has 162 valence electrons. The highest BCUT2D eigenvalue weighted by molar-refractivity contribution is 5.94. The summed E-state index contributed by atoms with van der Waals surface area (Å²) >= 11 is 0. The number of carboxylic acids is 1. The molecule has 0 saturated carbocycles. The quantitative estimate of drug-likeness (QED) is 0.508. The summed E-state index contributed by atoms with van der Waals surface area (Å²) in [6, 6.07) is 12.8. The standard InChI is InChI=1S/C24H28N4O3/c1-16(29)17-2-5-20(6-3-17)27-10-12-28(13-11-27)23(24(30)31)18-4-7-22-21(14-18)19(8-9-25)15-26-22/h2-7,14-15,23,26H,8-13,25H2,1H3,(H,30,31). The first kappa shape index (κ1) is 21.1. The molecule has 0 amide bonds. The monoisotopic (exact) mass is 420 g/mol. The van der Waals surface area contributed by atoms with Crippen molar-refractivity contribution in [3.63, 3.8) is 0 Å². The van der Waals surface area contributed by atoms with Gasteiger partial charge in [-0.1, -0.05) is 6.07 Å². The molecule has 0 aliphatic carbocycles. The summed E-state index contributed by atoms with van der Waals surface area (Å²) in [5, 5.41) is 11.1. The number of aliphatic carboxylic acids is 1. The Hall–Kier alpha value is -3.16. The number of fused-ring (bicyclic) bond motifs is 1. The number of piperazine rings is 1. The highest BCUT2D eigenvalue weighted by Gasteiger charge is 2.30. The molecular weight excluding hydrogens is 392 g/mol. The molecule has 1 atom stereocenters. The third-order valence-corrected chi connectivity index (χ3v) is 6.07. The number of carbonyl (C=O) groups excluding carboxylic acids is 1. The maximum absolute atomic E-state index is 12.2. The van der Waals surface area contributed by atoms with E-state index in [9.17, 15) is 14.7 Å². The largest absolute Gasteiger partial charge is 0.480 e. The molecule has 4 N–H and O–H groups in total. The Morgan fingerprint density at radius 2 is 1.81 bits per heavy atom. The summed E-state index contributed by atoms with van der Waals surface area (Å²) in [5.74, 6) is -0.788. The number of anilines is 1. The number of aromatic amines is 1. The molecule has 1 saturated heterocycles. The lowest BCUT2D eigenvalue weighted by atomic mass is 10.0. The maximum atomic E-state index is 12.2. The van der Waals surface area contributed by atoms with Gasteiger partial charge in [0, 0.05) is 54.5 Å². The summed E-state index contributed by atoms with van der Waals surface area (Å²) in [6.07, 6.45) is 2.70. The van der Waals surface area contributed by atoms with Crippen LogP contribution in [0.5, 0.6) is 0 Å². The Morgan fingerprint density at radius 1 is 1.10 bits per heavy atom. The number of nitrogens with two attached hydrogens (primary N) is 1. The number of aromatic nitrogens is 1. The zero-order valence-electron chi connectivity index (χ0n) is 17.7. The van der Waals surface area contributed by atoms with Crippen molar-refractivity contribution in [2.24, 2.45) is 5.73 Å². The van der Waals surface area contributed by atoms with E-state index in [0.717, 1.165) is 47.2 Å². The molecule has 4 rings (SSSR count). The summed E-state index contributed by atoms with van der Waals surface area (Å²) < 4.78 is 0. The van der Waals surface area contributed by atoms with E-state index in [1.165, 1.54) is 0 Å². The average molecular weight is 421 g/mol. The van der Waals surface area contributed by atoms with Crippen molar-refractivity contribution >= 4 is 28.3 Å². The van der Waals surface area contributed by atoms with Crippen molar-refractivity contribution in [1.82, 2.24) is 9.88 Å². The molecule has 1 unspecified atom stereocenters. The number of benzene rings is 2. The second-order valence-electron chi connectivity index (χ2n) is 8.02. The van der Waals surface area contributed by atoms with Crippen LogP contribution in [-0.4, -0.2) is 59.5 Å². The number of H-pyrrole nitrogens is 1. The number of Topliss-reactive ketones (excluding diaryl/α,β-unsaturated/α-hetero) is 1. The average Bonchev–Trinajstić information content (AvgIpc) is 3.17. The fourth-order valence-corrected chi connectivity index (χ4v) is 4.38. The summed E-state index contributed by atoms with van der Waals surface area (Å²) in [6.45, 7) is 4.86. The van der Waals surface area contributed by atoms with Crippen LogP contribution in [0.2, 0.25) is 0 Å². The van der Waals surface area contributed by atoms with E-state index in [4.69, 9.17) is 5.73 Å². The van der Waals surface area contributed by atoms with Crippen LogP contribution in [0, 0.1) is 0 Å². The number of carbonyl (C=O) groups is 2. The van der Waals surface area contributed by atoms with Gasteiger partial charge in [-0.25, -0.2) is 0 Å². The molecule has 1 fully saturated rings. The topological polar surface area (TPSA) is 103 Å². The molecule has 7 heteroatoms. The van der Waals surface area contributed by atoms with Crippen LogP contribution in [0.25, 0.3) is 10.9 Å². The molecule has 1 aliphatic rings. The first-order valence-electron chi connectivity index (χ1n) is 10.6. The van der Waals surface area contributed by atoms with Crippen LogP contribution in [0.1, 0.15) is 34.5 Å². The van der Waals surface area contributed by atoms with Crippen molar-refractivity contribution in [2.75, 3.05) is 37.6 Å². The normalized spacial score (nSPS) is 15.9. The van der Waals surface area contributed by atoms with Gasteiger partial charge in [-0.2, -0.15) is 0 Å². The van der Waals surface area contributed by atoms with E-state index in [1.54, 1.807) is 6.92 Å². The molecule has 0 bridgehead atoms. The number of hydrogen-bond acceptors (Lipinski definition) is 5. The van der Waals surface area contributed by atoms with Crippen molar-refractivity contribution in [3.05, 3.63) is 65.4 Å². The fourth-order valence-electron chi connectivity index (χ4n) is 4.38. The zero-order chi connectivity index (χ0) is 22.0. The van der Waals surface area contributed by atoms with Crippen molar-refractivity contribution in [2.45, 2.75) is 19.4 Å². The van der Waals surface area contributed by atoms with E-state index < -0.39 is 12.0 Å². The highest BCUT2D eigenvalue weighted by atomic mass is 16.4. The second kappa shape index (κ2) is 8.91. The number of nitrogens with one attached hydrogen (secondary N) is 1. The minimum absolute atomic E-state index is 0.0506. The summed E-state index contributed by atoms with van der Waals surface area (Å²) in [7, 11) is 0. The van der Waals surface area contributed by atoms with Gasteiger partial charge < -0.3 is 20.7 Å². The fraction of sp³-hybridized carbons (Fsp3) is 0.333. The molecular formula is C24H28N4O3. The third kappa shape index (κ3) is 4.33. The minimum atomic E-state index is -0.838. The maximum Gasteiger partial charge on any atom is 0.325 e. The van der Waals surface area contributed by atoms with Crippen molar-refractivity contribution in [1.29, 1.82) is 0 Å². The van der Waals surface area contributed by atoms with E-state index in [0.29, 0.717) is 25.2 Å². The van der Waals surface area contributed by atoms with Gasteiger partial charge in [-0.15, -0.1) is 0 Å². The predicted octanol–water partition coefficient (Wildman–Crippen LogP) is 2.82. The second-order valence-corrected chi connectivity index (χ2v) is 8.02. The summed E-state index contributed by atoms with van der Waals surface area (Å²) in [4.78, 5) is 31.2. The van der Waals surface area contributed by atoms with Gasteiger partial charge in [-0.3, -0.25) is 14.5 Å². The minimum Gasteiger partial charge on any atom is -0.480 e. The number of ketones is 1. The number of carboxylic acid groups (broad SMARTS) is 1. The number of nitrogens with zero attached hydrogens (tertiary/aromatic N) is 2. The van der Waals surface area contributed by atoms with E-state index in [1.807, 2.05) is 53.6 Å². The smallest absolute Gasteiger partial charge is 0.325 e. The SMILES string of the molecule is CC(=O)c1ccc(N2CCN(C(C(=O)O)c3ccc4[nH]cc(CCN)c4c3)CC2)cc1. The van der Waals surface area contributed by atoms with Crippen LogP contribution < -0.4 is 10.6 Å². The summed E-state index contributed by atoms with van der Waals surface area (Å²) in [5.41, 5.74) is 10.4. The molecule has 0 spiro atoms.